The monoisotopic (exact) mass is 446 g/mol. The van der Waals surface area contributed by atoms with Crippen LogP contribution in [0.15, 0.2) is 46.4 Å². The van der Waals surface area contributed by atoms with Crippen molar-refractivity contribution in [2.24, 2.45) is 0 Å². The standard InChI is InChI=1S/C19H15BrN2O6/c1-27-12-5-3-4-11(9-12)22-18(25)13(17(24)21-19(22)26)6-10-7-14(20)16(23)15(8-10)28-2/h3-9,23H,1-2H3,(H,21,24,26)/b13-6-. The Kier molecular flexibility index (Phi) is 5.36. The summed E-state index contributed by atoms with van der Waals surface area (Å²) in [6.45, 7) is 0. The zero-order valence-electron chi connectivity index (χ0n) is 14.9. The largest absolute Gasteiger partial charge is 0.503 e. The number of aromatic hydroxyl groups is 1. The predicted molar refractivity (Wildman–Crippen MR) is 104 cm³/mol. The van der Waals surface area contributed by atoms with Crippen molar-refractivity contribution in [3.05, 3.63) is 52.0 Å². The summed E-state index contributed by atoms with van der Waals surface area (Å²) in [7, 11) is 2.84. The summed E-state index contributed by atoms with van der Waals surface area (Å²) in [5.41, 5.74) is 0.423. The second kappa shape index (κ2) is 7.73. The first-order chi connectivity index (χ1) is 13.3. The maximum atomic E-state index is 12.9. The number of carbonyl (C=O) groups excluding carboxylic acids is 3. The lowest BCUT2D eigenvalue weighted by Crippen LogP contribution is -2.54. The molecule has 1 saturated heterocycles. The number of nitrogens with zero attached hydrogens (tertiary/aromatic N) is 1. The highest BCUT2D eigenvalue weighted by Crippen LogP contribution is 2.36. The van der Waals surface area contributed by atoms with Crippen molar-refractivity contribution in [1.82, 2.24) is 5.32 Å². The van der Waals surface area contributed by atoms with Crippen molar-refractivity contribution in [2.45, 2.75) is 0 Å². The molecule has 0 spiro atoms. The van der Waals surface area contributed by atoms with Crippen LogP contribution in [0.5, 0.6) is 17.2 Å². The van der Waals surface area contributed by atoms with Gasteiger partial charge in [-0.25, -0.2) is 9.69 Å². The Morgan fingerprint density at radius 2 is 1.86 bits per heavy atom. The molecular weight excluding hydrogens is 432 g/mol. The van der Waals surface area contributed by atoms with Crippen LogP contribution in [0.25, 0.3) is 6.08 Å². The Morgan fingerprint density at radius 1 is 1.11 bits per heavy atom. The summed E-state index contributed by atoms with van der Waals surface area (Å²) in [6, 6.07) is 8.45. The van der Waals surface area contributed by atoms with Crippen LogP contribution in [0, 0.1) is 0 Å². The third-order valence-electron chi connectivity index (χ3n) is 3.99. The van der Waals surface area contributed by atoms with Crippen LogP contribution in [0.2, 0.25) is 0 Å². The molecule has 4 amide bonds. The van der Waals surface area contributed by atoms with Crippen molar-refractivity contribution in [3.63, 3.8) is 0 Å². The number of phenolic OH excluding ortho intramolecular Hbond substituents is 1. The number of hydrogen-bond acceptors (Lipinski definition) is 6. The minimum Gasteiger partial charge on any atom is -0.503 e. The van der Waals surface area contributed by atoms with Crippen LogP contribution >= 0.6 is 15.9 Å². The molecule has 8 nitrogen and oxygen atoms in total. The Balaban J connectivity index is 2.05. The maximum Gasteiger partial charge on any atom is 0.335 e. The summed E-state index contributed by atoms with van der Waals surface area (Å²) in [6.07, 6.45) is 1.31. The highest BCUT2D eigenvalue weighted by Gasteiger charge is 2.37. The van der Waals surface area contributed by atoms with Crippen LogP contribution < -0.4 is 19.7 Å². The minimum absolute atomic E-state index is 0.114. The zero-order valence-corrected chi connectivity index (χ0v) is 16.4. The SMILES string of the molecule is COc1cccc(N2C(=O)NC(=O)/C(=C/c3cc(Br)c(O)c(OC)c3)C2=O)c1. The Bertz CT molecular complexity index is 1020. The van der Waals surface area contributed by atoms with E-state index in [4.69, 9.17) is 9.47 Å². The number of halogens is 1. The molecule has 0 aromatic heterocycles. The van der Waals surface area contributed by atoms with E-state index in [2.05, 4.69) is 21.2 Å². The third kappa shape index (κ3) is 3.56. The number of anilines is 1. The van der Waals surface area contributed by atoms with Gasteiger partial charge in [0.05, 0.1) is 24.4 Å². The van der Waals surface area contributed by atoms with Crippen LogP contribution in [0.1, 0.15) is 5.56 Å². The number of methoxy groups -OCH3 is 2. The first-order valence-electron chi connectivity index (χ1n) is 7.97. The molecule has 3 rings (SSSR count). The van der Waals surface area contributed by atoms with Gasteiger partial charge in [0.1, 0.15) is 11.3 Å². The number of amides is 4. The molecule has 0 bridgehead atoms. The van der Waals surface area contributed by atoms with Crippen LogP contribution in [-0.2, 0) is 9.59 Å². The molecule has 0 aliphatic carbocycles. The van der Waals surface area contributed by atoms with Crippen molar-refractivity contribution < 1.29 is 29.0 Å². The van der Waals surface area contributed by atoms with E-state index < -0.39 is 17.8 Å². The molecule has 0 saturated carbocycles. The van der Waals surface area contributed by atoms with E-state index in [-0.39, 0.29) is 22.8 Å². The summed E-state index contributed by atoms with van der Waals surface area (Å²) in [5.74, 6) is -1.11. The molecule has 0 atom stereocenters. The van der Waals surface area contributed by atoms with Gasteiger partial charge < -0.3 is 14.6 Å². The van der Waals surface area contributed by atoms with E-state index in [1.165, 1.54) is 38.5 Å². The summed E-state index contributed by atoms with van der Waals surface area (Å²) in [5, 5.41) is 12.0. The number of rotatable bonds is 4. The Hall–Kier alpha value is -3.33. The third-order valence-corrected chi connectivity index (χ3v) is 4.60. The van der Waals surface area contributed by atoms with Gasteiger partial charge in [0.25, 0.3) is 11.8 Å². The lowest BCUT2D eigenvalue weighted by Gasteiger charge is -2.26. The van der Waals surface area contributed by atoms with Gasteiger partial charge in [-0.05, 0) is 51.8 Å². The topological polar surface area (TPSA) is 105 Å². The number of ether oxygens (including phenoxy) is 2. The van der Waals surface area contributed by atoms with Gasteiger partial charge in [-0.2, -0.15) is 0 Å². The fraction of sp³-hybridized carbons (Fsp3) is 0.105. The molecule has 2 N–H and O–H groups in total. The number of imide groups is 2. The highest BCUT2D eigenvalue weighted by atomic mass is 79.9. The molecule has 2 aromatic carbocycles. The molecule has 28 heavy (non-hydrogen) atoms. The molecule has 1 aliphatic rings. The number of barbiturate groups is 1. The number of urea groups is 1. The summed E-state index contributed by atoms with van der Waals surface area (Å²) in [4.78, 5) is 38.3. The fourth-order valence-corrected chi connectivity index (χ4v) is 3.10. The number of benzene rings is 2. The average Bonchev–Trinajstić information content (AvgIpc) is 2.67. The van der Waals surface area contributed by atoms with E-state index in [0.717, 1.165) is 4.90 Å². The average molecular weight is 447 g/mol. The van der Waals surface area contributed by atoms with E-state index >= 15 is 0 Å². The van der Waals surface area contributed by atoms with Gasteiger partial charge in [-0.3, -0.25) is 14.9 Å². The molecule has 0 radical (unpaired) electrons. The second-order valence-electron chi connectivity index (χ2n) is 5.71. The van der Waals surface area contributed by atoms with Crippen molar-refractivity contribution in [1.29, 1.82) is 0 Å². The number of nitrogens with one attached hydrogen (secondary N) is 1. The minimum atomic E-state index is -0.857. The number of hydrogen-bond donors (Lipinski definition) is 2. The molecule has 1 heterocycles. The Morgan fingerprint density at radius 3 is 2.54 bits per heavy atom. The van der Waals surface area contributed by atoms with Gasteiger partial charge in [0.2, 0.25) is 0 Å². The Labute approximate surface area is 168 Å². The van der Waals surface area contributed by atoms with E-state index in [1.54, 1.807) is 18.2 Å². The maximum absolute atomic E-state index is 12.9. The van der Waals surface area contributed by atoms with Crippen molar-refractivity contribution >= 4 is 45.5 Å². The van der Waals surface area contributed by atoms with Crippen LogP contribution in [0.4, 0.5) is 10.5 Å². The predicted octanol–water partition coefficient (Wildman–Crippen LogP) is 2.84. The molecule has 9 heteroatoms. The molecule has 2 aromatic rings. The number of phenols is 1. The van der Waals surface area contributed by atoms with E-state index in [9.17, 15) is 19.5 Å². The first-order valence-corrected chi connectivity index (χ1v) is 8.77. The lowest BCUT2D eigenvalue weighted by molar-refractivity contribution is -0.122. The number of carbonyl (C=O) groups is 3. The summed E-state index contributed by atoms with van der Waals surface area (Å²) >= 11 is 3.18. The van der Waals surface area contributed by atoms with E-state index in [0.29, 0.717) is 15.8 Å². The van der Waals surface area contributed by atoms with Crippen molar-refractivity contribution in [3.8, 4) is 17.2 Å². The second-order valence-corrected chi connectivity index (χ2v) is 6.57. The highest BCUT2D eigenvalue weighted by molar-refractivity contribution is 9.10. The lowest BCUT2D eigenvalue weighted by atomic mass is 10.1. The summed E-state index contributed by atoms with van der Waals surface area (Å²) < 4.78 is 10.5. The van der Waals surface area contributed by atoms with Gasteiger partial charge >= 0.3 is 6.03 Å². The van der Waals surface area contributed by atoms with Gasteiger partial charge in [0.15, 0.2) is 11.5 Å². The molecule has 1 aliphatic heterocycles. The van der Waals surface area contributed by atoms with Gasteiger partial charge in [0, 0.05) is 6.07 Å². The zero-order chi connectivity index (χ0) is 20.4. The molecule has 0 unspecified atom stereocenters. The van der Waals surface area contributed by atoms with Gasteiger partial charge in [-0.15, -0.1) is 0 Å². The van der Waals surface area contributed by atoms with Crippen LogP contribution in [0.3, 0.4) is 0 Å². The van der Waals surface area contributed by atoms with Crippen molar-refractivity contribution in [2.75, 3.05) is 19.1 Å². The smallest absolute Gasteiger partial charge is 0.335 e. The van der Waals surface area contributed by atoms with E-state index in [1.807, 2.05) is 0 Å². The first kappa shape index (κ1) is 19.4. The molecule has 1 fully saturated rings. The fourth-order valence-electron chi connectivity index (χ4n) is 2.64. The van der Waals surface area contributed by atoms with Gasteiger partial charge in [-0.1, -0.05) is 6.07 Å². The normalized spacial score (nSPS) is 15.6. The molecule has 144 valence electrons. The molecular formula is C19H15BrN2O6. The quantitative estimate of drug-likeness (QED) is 0.552. The van der Waals surface area contributed by atoms with Crippen LogP contribution in [-0.4, -0.2) is 37.2 Å².